The molecule has 5 nitrogen and oxygen atoms in total. The van der Waals surface area contributed by atoms with E-state index >= 15 is 0 Å². The molecule has 0 saturated carbocycles. The van der Waals surface area contributed by atoms with Crippen molar-refractivity contribution in [2.45, 2.75) is 13.0 Å². The molecule has 0 unspecified atom stereocenters. The first-order valence-corrected chi connectivity index (χ1v) is 8.32. The lowest BCUT2D eigenvalue weighted by Crippen LogP contribution is -2.41. The summed E-state index contributed by atoms with van der Waals surface area (Å²) in [6.45, 7) is 5.53. The average Bonchev–Trinajstić information content (AvgIpc) is 2.57. The van der Waals surface area contributed by atoms with Gasteiger partial charge in [0.1, 0.15) is 22.6 Å². The van der Waals surface area contributed by atoms with Crippen molar-refractivity contribution in [1.82, 2.24) is 14.9 Å². The first-order chi connectivity index (χ1) is 11.6. The summed E-state index contributed by atoms with van der Waals surface area (Å²) >= 11 is 5.99. The summed E-state index contributed by atoms with van der Waals surface area (Å²) in [6.07, 6.45) is 0. The molecule has 7 heteroatoms. The normalized spacial score (nSPS) is 16.8. The van der Waals surface area contributed by atoms with Gasteiger partial charge in [-0.3, -0.25) is 4.90 Å². The van der Waals surface area contributed by atoms with Crippen molar-refractivity contribution in [2.24, 2.45) is 0 Å². The number of halogens is 2. The molecule has 1 aromatic heterocycles. The Hall–Kier alpha value is -1.76. The summed E-state index contributed by atoms with van der Waals surface area (Å²) in [6, 6.07) is 8.45. The van der Waals surface area contributed by atoms with Crippen LogP contribution in [-0.4, -0.2) is 47.7 Å². The molecule has 2 aromatic rings. The molecule has 3 rings (SSSR count). The number of rotatable bonds is 5. The fourth-order valence-corrected chi connectivity index (χ4v) is 3.08. The van der Waals surface area contributed by atoms with E-state index < -0.39 is 0 Å². The topological polar surface area (TPSA) is 50.3 Å². The van der Waals surface area contributed by atoms with E-state index in [1.165, 1.54) is 12.1 Å². The minimum absolute atomic E-state index is 0.101. The van der Waals surface area contributed by atoms with Crippen molar-refractivity contribution < 1.29 is 9.13 Å². The summed E-state index contributed by atoms with van der Waals surface area (Å²) in [5, 5.41) is 3.74. The van der Waals surface area contributed by atoms with Crippen LogP contribution in [0.3, 0.4) is 0 Å². The second kappa shape index (κ2) is 7.88. The van der Waals surface area contributed by atoms with Gasteiger partial charge in [0, 0.05) is 25.7 Å². The zero-order chi connectivity index (χ0) is 16.9. The zero-order valence-corrected chi connectivity index (χ0v) is 14.3. The third kappa shape index (κ3) is 4.41. The second-order valence-electron chi connectivity index (χ2n) is 5.72. The van der Waals surface area contributed by atoms with Crippen LogP contribution in [0.4, 0.5) is 10.2 Å². The van der Waals surface area contributed by atoms with Crippen LogP contribution >= 0.6 is 11.6 Å². The lowest BCUT2D eigenvalue weighted by atomic mass is 10.0. The predicted octanol–water partition coefficient (Wildman–Crippen LogP) is 3.06. The summed E-state index contributed by atoms with van der Waals surface area (Å²) in [4.78, 5) is 10.7. The molecule has 0 spiro atoms. The Morgan fingerprint density at radius 2 is 1.96 bits per heavy atom. The largest absolute Gasteiger partial charge is 0.379 e. The maximum absolute atomic E-state index is 13.3. The van der Waals surface area contributed by atoms with E-state index in [4.69, 9.17) is 16.3 Å². The van der Waals surface area contributed by atoms with Crippen LogP contribution in [0.25, 0.3) is 0 Å². The van der Waals surface area contributed by atoms with E-state index in [9.17, 15) is 4.39 Å². The predicted molar refractivity (Wildman–Crippen MR) is 91.8 cm³/mol. The minimum Gasteiger partial charge on any atom is -0.379 e. The molecule has 0 bridgehead atoms. The number of nitrogens with zero attached hydrogens (tertiary/aromatic N) is 3. The molecule has 0 amide bonds. The molecule has 24 heavy (non-hydrogen) atoms. The van der Waals surface area contributed by atoms with E-state index in [1.807, 2.05) is 12.1 Å². The number of ether oxygens (including phenoxy) is 1. The van der Waals surface area contributed by atoms with Gasteiger partial charge >= 0.3 is 0 Å². The summed E-state index contributed by atoms with van der Waals surface area (Å²) < 4.78 is 18.7. The summed E-state index contributed by atoms with van der Waals surface area (Å²) in [5.41, 5.74) is 1.06. The van der Waals surface area contributed by atoms with Crippen molar-refractivity contribution in [2.75, 3.05) is 38.2 Å². The van der Waals surface area contributed by atoms with Gasteiger partial charge in [0.2, 0.25) is 0 Å². The Morgan fingerprint density at radius 3 is 2.62 bits per heavy atom. The highest BCUT2D eigenvalue weighted by Crippen LogP contribution is 2.23. The maximum Gasteiger partial charge on any atom is 0.134 e. The molecule has 1 aromatic carbocycles. The number of aryl methyl sites for hydroxylation is 1. The molecule has 1 saturated heterocycles. The quantitative estimate of drug-likeness (QED) is 0.840. The fourth-order valence-electron chi connectivity index (χ4n) is 2.85. The number of anilines is 1. The molecule has 0 aliphatic carbocycles. The Morgan fingerprint density at radius 1 is 1.25 bits per heavy atom. The first-order valence-electron chi connectivity index (χ1n) is 7.94. The maximum atomic E-state index is 13.3. The van der Waals surface area contributed by atoms with Crippen LogP contribution in [0, 0.1) is 12.7 Å². The minimum atomic E-state index is -0.231. The molecule has 0 radical (unpaired) electrons. The van der Waals surface area contributed by atoms with Crippen molar-refractivity contribution in [3.8, 4) is 0 Å². The number of hydrogen-bond donors (Lipinski definition) is 1. The van der Waals surface area contributed by atoms with E-state index in [0.29, 0.717) is 36.6 Å². The molecule has 1 atom stereocenters. The Bertz CT molecular complexity index is 657. The fraction of sp³-hybridized carbons (Fsp3) is 0.412. The number of hydrogen-bond acceptors (Lipinski definition) is 5. The molecule has 128 valence electrons. The molecule has 1 N–H and O–H groups in total. The first kappa shape index (κ1) is 17.1. The Labute approximate surface area is 145 Å². The van der Waals surface area contributed by atoms with Crippen molar-refractivity contribution in [3.63, 3.8) is 0 Å². The van der Waals surface area contributed by atoms with Gasteiger partial charge in [-0.2, -0.15) is 0 Å². The number of aromatic nitrogens is 2. The van der Waals surface area contributed by atoms with Gasteiger partial charge in [-0.1, -0.05) is 23.7 Å². The molecular formula is C17H20ClFN4O. The monoisotopic (exact) mass is 350 g/mol. The second-order valence-corrected chi connectivity index (χ2v) is 6.11. The van der Waals surface area contributed by atoms with Gasteiger partial charge in [0.15, 0.2) is 0 Å². The van der Waals surface area contributed by atoms with Gasteiger partial charge in [-0.05, 0) is 24.6 Å². The third-order valence-corrected chi connectivity index (χ3v) is 4.22. The third-order valence-electron chi connectivity index (χ3n) is 4.02. The van der Waals surface area contributed by atoms with Gasteiger partial charge in [0.05, 0.1) is 19.3 Å². The zero-order valence-electron chi connectivity index (χ0n) is 13.5. The molecule has 2 heterocycles. The van der Waals surface area contributed by atoms with E-state index in [0.717, 1.165) is 18.7 Å². The van der Waals surface area contributed by atoms with Gasteiger partial charge in [-0.25, -0.2) is 14.4 Å². The van der Waals surface area contributed by atoms with Crippen LogP contribution in [0.5, 0.6) is 0 Å². The van der Waals surface area contributed by atoms with E-state index in [1.54, 1.807) is 13.0 Å². The van der Waals surface area contributed by atoms with Crippen molar-refractivity contribution in [3.05, 3.63) is 52.7 Å². The average molecular weight is 351 g/mol. The highest BCUT2D eigenvalue weighted by Gasteiger charge is 2.22. The molecule has 1 aliphatic rings. The number of nitrogens with one attached hydrogen (secondary N) is 1. The standard InChI is InChI=1S/C17H20ClFN4O/c1-12-21-16(18)10-17(22-12)20-11-15(23-6-8-24-9-7-23)13-2-4-14(19)5-3-13/h2-5,10,15H,6-9,11H2,1H3,(H,20,21,22)/t15-/m0/s1. The van der Waals surface area contributed by atoms with Crippen molar-refractivity contribution in [1.29, 1.82) is 0 Å². The molecule has 1 aliphatic heterocycles. The van der Waals surface area contributed by atoms with E-state index in [2.05, 4.69) is 20.2 Å². The Balaban J connectivity index is 1.77. The van der Waals surface area contributed by atoms with Crippen molar-refractivity contribution >= 4 is 17.4 Å². The highest BCUT2D eigenvalue weighted by molar-refractivity contribution is 6.29. The SMILES string of the molecule is Cc1nc(Cl)cc(NC[C@@H](c2ccc(F)cc2)N2CCOCC2)n1. The van der Waals surface area contributed by atoms with Crippen LogP contribution < -0.4 is 5.32 Å². The van der Waals surface area contributed by atoms with Gasteiger partial charge in [-0.15, -0.1) is 0 Å². The highest BCUT2D eigenvalue weighted by atomic mass is 35.5. The van der Waals surface area contributed by atoms with Gasteiger partial charge < -0.3 is 10.1 Å². The molecule has 1 fully saturated rings. The van der Waals surface area contributed by atoms with Crippen LogP contribution in [-0.2, 0) is 4.74 Å². The summed E-state index contributed by atoms with van der Waals surface area (Å²) in [7, 11) is 0. The van der Waals surface area contributed by atoms with E-state index in [-0.39, 0.29) is 11.9 Å². The lowest BCUT2D eigenvalue weighted by Gasteiger charge is -2.35. The van der Waals surface area contributed by atoms with Crippen LogP contribution in [0.2, 0.25) is 5.15 Å². The molecular weight excluding hydrogens is 331 g/mol. The van der Waals surface area contributed by atoms with Crippen LogP contribution in [0.15, 0.2) is 30.3 Å². The Kier molecular flexibility index (Phi) is 5.60. The lowest BCUT2D eigenvalue weighted by molar-refractivity contribution is 0.0187. The summed E-state index contributed by atoms with van der Waals surface area (Å²) in [5.74, 6) is 1.08. The van der Waals surface area contributed by atoms with Gasteiger partial charge in [0.25, 0.3) is 0 Å². The number of morpholine rings is 1. The smallest absolute Gasteiger partial charge is 0.134 e. The van der Waals surface area contributed by atoms with Crippen LogP contribution in [0.1, 0.15) is 17.4 Å². The number of benzene rings is 1.